The smallest absolute Gasteiger partial charge is 0.254 e. The molecule has 1 fully saturated rings. The molecule has 3 heterocycles. The van der Waals surface area contributed by atoms with Crippen LogP contribution in [0.2, 0.25) is 0 Å². The maximum Gasteiger partial charge on any atom is 0.254 e. The SMILES string of the molecule is CCCc1nc(C)cc(N2CCCC(CNC(=O)c3c(C)ncnc3C)C2)n1. The van der Waals surface area contributed by atoms with Gasteiger partial charge in [0.1, 0.15) is 18.0 Å². The summed E-state index contributed by atoms with van der Waals surface area (Å²) < 4.78 is 0. The van der Waals surface area contributed by atoms with Crippen molar-refractivity contribution in [2.45, 2.75) is 53.4 Å². The van der Waals surface area contributed by atoms with Gasteiger partial charge < -0.3 is 10.2 Å². The highest BCUT2D eigenvalue weighted by molar-refractivity contribution is 5.96. The number of anilines is 1. The van der Waals surface area contributed by atoms with Gasteiger partial charge in [0.25, 0.3) is 5.91 Å². The van der Waals surface area contributed by atoms with Gasteiger partial charge in [0.15, 0.2) is 0 Å². The molecule has 1 unspecified atom stereocenters. The lowest BCUT2D eigenvalue weighted by molar-refractivity contribution is 0.0943. The van der Waals surface area contributed by atoms with Gasteiger partial charge in [0.2, 0.25) is 0 Å². The van der Waals surface area contributed by atoms with Crippen molar-refractivity contribution >= 4 is 11.7 Å². The Bertz CT molecular complexity index is 817. The van der Waals surface area contributed by atoms with Crippen molar-refractivity contribution < 1.29 is 4.79 Å². The molecule has 1 aliphatic heterocycles. The van der Waals surface area contributed by atoms with E-state index < -0.39 is 0 Å². The molecule has 1 amide bonds. The molecule has 2 aromatic rings. The normalized spacial score (nSPS) is 16.9. The Morgan fingerprint density at radius 3 is 2.68 bits per heavy atom. The number of carbonyl (C=O) groups is 1. The number of aryl methyl sites for hydroxylation is 4. The van der Waals surface area contributed by atoms with Crippen LogP contribution in [-0.4, -0.2) is 45.5 Å². The molecule has 0 radical (unpaired) electrons. The predicted octanol–water partition coefficient (Wildman–Crippen LogP) is 2.79. The van der Waals surface area contributed by atoms with Crippen LogP contribution in [0.1, 0.15) is 59.5 Å². The van der Waals surface area contributed by atoms with Gasteiger partial charge in [-0.1, -0.05) is 6.92 Å². The number of carbonyl (C=O) groups excluding carboxylic acids is 1. The molecular weight excluding hydrogens is 352 g/mol. The molecule has 0 aromatic carbocycles. The van der Waals surface area contributed by atoms with Crippen LogP contribution in [0.5, 0.6) is 0 Å². The van der Waals surface area contributed by atoms with Gasteiger partial charge in [0, 0.05) is 37.8 Å². The number of hydrogen-bond acceptors (Lipinski definition) is 6. The van der Waals surface area contributed by atoms with Crippen molar-refractivity contribution in [3.8, 4) is 0 Å². The molecule has 150 valence electrons. The zero-order valence-electron chi connectivity index (χ0n) is 17.3. The van der Waals surface area contributed by atoms with Gasteiger partial charge in [-0.2, -0.15) is 0 Å². The maximum absolute atomic E-state index is 12.6. The number of nitrogens with zero attached hydrogens (tertiary/aromatic N) is 5. The molecule has 0 saturated carbocycles. The average Bonchev–Trinajstić information content (AvgIpc) is 2.66. The summed E-state index contributed by atoms with van der Waals surface area (Å²) in [6, 6.07) is 2.06. The maximum atomic E-state index is 12.6. The fourth-order valence-corrected chi connectivity index (χ4v) is 3.80. The Balaban J connectivity index is 1.63. The van der Waals surface area contributed by atoms with Crippen LogP contribution in [0.25, 0.3) is 0 Å². The van der Waals surface area contributed by atoms with E-state index in [1.807, 2.05) is 20.8 Å². The minimum Gasteiger partial charge on any atom is -0.356 e. The highest BCUT2D eigenvalue weighted by atomic mass is 16.1. The Morgan fingerprint density at radius 2 is 1.96 bits per heavy atom. The molecule has 3 rings (SSSR count). The Morgan fingerprint density at radius 1 is 1.21 bits per heavy atom. The molecule has 1 atom stereocenters. The Labute approximate surface area is 167 Å². The van der Waals surface area contributed by atoms with Crippen molar-refractivity contribution in [2.24, 2.45) is 5.92 Å². The minimum atomic E-state index is -0.0872. The number of rotatable bonds is 6. The number of amides is 1. The number of piperidine rings is 1. The van der Waals surface area contributed by atoms with Crippen molar-refractivity contribution in [2.75, 3.05) is 24.5 Å². The van der Waals surface area contributed by atoms with Crippen LogP contribution < -0.4 is 10.2 Å². The minimum absolute atomic E-state index is 0.0872. The molecule has 28 heavy (non-hydrogen) atoms. The molecule has 7 nitrogen and oxygen atoms in total. The quantitative estimate of drug-likeness (QED) is 0.827. The second kappa shape index (κ2) is 9.08. The summed E-state index contributed by atoms with van der Waals surface area (Å²) in [7, 11) is 0. The van der Waals surface area contributed by atoms with Crippen molar-refractivity contribution in [3.05, 3.63) is 40.9 Å². The largest absolute Gasteiger partial charge is 0.356 e. The third kappa shape index (κ3) is 4.82. The first-order valence-corrected chi connectivity index (χ1v) is 10.1. The second-order valence-electron chi connectivity index (χ2n) is 7.62. The summed E-state index contributed by atoms with van der Waals surface area (Å²) in [6.45, 7) is 10.4. The zero-order chi connectivity index (χ0) is 20.1. The van der Waals surface area contributed by atoms with Crippen molar-refractivity contribution in [1.29, 1.82) is 0 Å². The lowest BCUT2D eigenvalue weighted by atomic mass is 9.97. The highest BCUT2D eigenvalue weighted by Gasteiger charge is 2.23. The van der Waals surface area contributed by atoms with E-state index in [-0.39, 0.29) is 5.91 Å². The molecule has 0 aliphatic carbocycles. The van der Waals surface area contributed by atoms with Gasteiger partial charge in [0.05, 0.1) is 17.0 Å². The van der Waals surface area contributed by atoms with E-state index in [0.29, 0.717) is 18.0 Å². The summed E-state index contributed by atoms with van der Waals surface area (Å²) in [4.78, 5) is 32.5. The first-order valence-electron chi connectivity index (χ1n) is 10.1. The molecule has 2 aromatic heterocycles. The first-order chi connectivity index (χ1) is 13.5. The lowest BCUT2D eigenvalue weighted by Crippen LogP contribution is -2.41. The fraction of sp³-hybridized carbons (Fsp3) is 0.571. The molecule has 7 heteroatoms. The summed E-state index contributed by atoms with van der Waals surface area (Å²) >= 11 is 0. The average molecular weight is 383 g/mol. The summed E-state index contributed by atoms with van der Waals surface area (Å²) in [5.41, 5.74) is 3.04. The molecule has 0 spiro atoms. The third-order valence-corrected chi connectivity index (χ3v) is 5.21. The number of aromatic nitrogens is 4. The van der Waals surface area contributed by atoms with E-state index in [0.717, 1.165) is 67.5 Å². The second-order valence-corrected chi connectivity index (χ2v) is 7.62. The van der Waals surface area contributed by atoms with Crippen LogP contribution in [0, 0.1) is 26.7 Å². The van der Waals surface area contributed by atoms with Gasteiger partial charge in [-0.3, -0.25) is 4.79 Å². The van der Waals surface area contributed by atoms with Crippen molar-refractivity contribution in [1.82, 2.24) is 25.3 Å². The van der Waals surface area contributed by atoms with Gasteiger partial charge in [-0.05, 0) is 46.0 Å². The molecule has 1 saturated heterocycles. The molecule has 0 bridgehead atoms. The predicted molar refractivity (Wildman–Crippen MR) is 110 cm³/mol. The lowest BCUT2D eigenvalue weighted by Gasteiger charge is -2.34. The molecule has 1 aliphatic rings. The molecular formula is C21H30N6O. The van der Waals surface area contributed by atoms with Gasteiger partial charge >= 0.3 is 0 Å². The summed E-state index contributed by atoms with van der Waals surface area (Å²) in [5.74, 6) is 2.24. The zero-order valence-corrected chi connectivity index (χ0v) is 17.3. The Hall–Kier alpha value is -2.57. The van der Waals surface area contributed by atoms with Gasteiger partial charge in [-0.25, -0.2) is 19.9 Å². The third-order valence-electron chi connectivity index (χ3n) is 5.21. The van der Waals surface area contributed by atoms with Crippen molar-refractivity contribution in [3.63, 3.8) is 0 Å². The van der Waals surface area contributed by atoms with Crippen LogP contribution in [-0.2, 0) is 6.42 Å². The van der Waals surface area contributed by atoms with E-state index >= 15 is 0 Å². The first kappa shape index (κ1) is 20.2. The van der Waals surface area contributed by atoms with E-state index in [1.165, 1.54) is 6.33 Å². The standard InChI is InChI=1S/C21H30N6O/c1-5-7-18-25-14(2)10-19(26-18)27-9-6-8-17(12-27)11-22-21(28)20-15(3)23-13-24-16(20)4/h10,13,17H,5-9,11-12H2,1-4H3,(H,22,28). The Kier molecular flexibility index (Phi) is 6.54. The van der Waals surface area contributed by atoms with E-state index in [1.54, 1.807) is 0 Å². The topological polar surface area (TPSA) is 83.9 Å². The van der Waals surface area contributed by atoms with E-state index in [9.17, 15) is 4.79 Å². The van der Waals surface area contributed by atoms with E-state index in [4.69, 9.17) is 4.98 Å². The fourth-order valence-electron chi connectivity index (χ4n) is 3.80. The highest BCUT2D eigenvalue weighted by Crippen LogP contribution is 2.22. The van der Waals surface area contributed by atoms with Crippen LogP contribution in [0.3, 0.4) is 0 Å². The van der Waals surface area contributed by atoms with Gasteiger partial charge in [-0.15, -0.1) is 0 Å². The number of hydrogen-bond donors (Lipinski definition) is 1. The summed E-state index contributed by atoms with van der Waals surface area (Å²) in [6.07, 6.45) is 5.64. The van der Waals surface area contributed by atoms with Crippen LogP contribution >= 0.6 is 0 Å². The van der Waals surface area contributed by atoms with E-state index in [2.05, 4.69) is 38.2 Å². The number of nitrogens with one attached hydrogen (secondary N) is 1. The van der Waals surface area contributed by atoms with Crippen LogP contribution in [0.4, 0.5) is 5.82 Å². The molecule has 1 N–H and O–H groups in total. The summed E-state index contributed by atoms with van der Waals surface area (Å²) in [5, 5.41) is 3.09. The van der Waals surface area contributed by atoms with Crippen LogP contribution in [0.15, 0.2) is 12.4 Å². The monoisotopic (exact) mass is 382 g/mol.